The Morgan fingerprint density at radius 1 is 1.43 bits per heavy atom. The standard InChI is InChI=1S/C11H9N3/c1-2-8-4-3-5-10-9(6-12)7-13-14-11(8)10/h3-5,7H,2H2,1H3. The van der Waals surface area contributed by atoms with Gasteiger partial charge >= 0.3 is 0 Å². The molecule has 0 atom stereocenters. The van der Waals surface area contributed by atoms with Gasteiger partial charge in [-0.25, -0.2) is 0 Å². The van der Waals surface area contributed by atoms with Gasteiger partial charge in [0.1, 0.15) is 6.07 Å². The highest BCUT2D eigenvalue weighted by atomic mass is 15.1. The van der Waals surface area contributed by atoms with Crippen LogP contribution < -0.4 is 0 Å². The third kappa shape index (κ3) is 1.21. The molecular weight excluding hydrogens is 174 g/mol. The zero-order chi connectivity index (χ0) is 9.97. The van der Waals surface area contributed by atoms with Gasteiger partial charge in [-0.1, -0.05) is 25.1 Å². The maximum Gasteiger partial charge on any atom is 0.102 e. The van der Waals surface area contributed by atoms with Gasteiger partial charge in [0.05, 0.1) is 17.3 Å². The lowest BCUT2D eigenvalue weighted by Gasteiger charge is -2.02. The van der Waals surface area contributed by atoms with Crippen molar-refractivity contribution in [2.45, 2.75) is 13.3 Å². The second kappa shape index (κ2) is 3.43. The number of benzene rings is 1. The molecule has 0 saturated carbocycles. The summed E-state index contributed by atoms with van der Waals surface area (Å²) >= 11 is 0. The van der Waals surface area contributed by atoms with E-state index in [1.165, 1.54) is 6.20 Å². The highest BCUT2D eigenvalue weighted by molar-refractivity contribution is 5.86. The van der Waals surface area contributed by atoms with Gasteiger partial charge < -0.3 is 0 Å². The summed E-state index contributed by atoms with van der Waals surface area (Å²) in [5.41, 5.74) is 2.56. The maximum absolute atomic E-state index is 8.88. The zero-order valence-corrected chi connectivity index (χ0v) is 7.86. The Morgan fingerprint density at radius 2 is 2.29 bits per heavy atom. The van der Waals surface area contributed by atoms with Gasteiger partial charge in [0.25, 0.3) is 0 Å². The first-order valence-electron chi connectivity index (χ1n) is 4.50. The lowest BCUT2D eigenvalue weighted by Crippen LogP contribution is -1.92. The number of fused-ring (bicyclic) bond motifs is 1. The first kappa shape index (κ1) is 8.64. The molecule has 0 bridgehead atoms. The largest absolute Gasteiger partial charge is 0.192 e. The lowest BCUT2D eigenvalue weighted by molar-refractivity contribution is 1.04. The summed E-state index contributed by atoms with van der Waals surface area (Å²) in [4.78, 5) is 0. The fourth-order valence-corrected chi connectivity index (χ4v) is 1.52. The van der Waals surface area contributed by atoms with Crippen LogP contribution in [0.25, 0.3) is 10.9 Å². The van der Waals surface area contributed by atoms with Crippen LogP contribution >= 0.6 is 0 Å². The van der Waals surface area contributed by atoms with Gasteiger partial charge in [-0.2, -0.15) is 15.5 Å². The summed E-state index contributed by atoms with van der Waals surface area (Å²) in [6.07, 6.45) is 2.41. The molecule has 68 valence electrons. The lowest BCUT2D eigenvalue weighted by atomic mass is 10.1. The molecule has 14 heavy (non-hydrogen) atoms. The molecule has 0 N–H and O–H groups in total. The molecule has 0 aliphatic rings. The van der Waals surface area contributed by atoms with Crippen molar-refractivity contribution in [2.75, 3.05) is 0 Å². The fraction of sp³-hybridized carbons (Fsp3) is 0.182. The Labute approximate surface area is 82.0 Å². The summed E-state index contributed by atoms with van der Waals surface area (Å²) in [5, 5.41) is 17.7. The van der Waals surface area contributed by atoms with E-state index in [-0.39, 0.29) is 0 Å². The van der Waals surface area contributed by atoms with Crippen LogP contribution in [0.4, 0.5) is 0 Å². The van der Waals surface area contributed by atoms with E-state index in [1.807, 2.05) is 18.2 Å². The molecule has 0 saturated heterocycles. The van der Waals surface area contributed by atoms with Gasteiger partial charge in [0.15, 0.2) is 0 Å². The predicted molar refractivity (Wildman–Crippen MR) is 53.6 cm³/mol. The van der Waals surface area contributed by atoms with Crippen molar-refractivity contribution in [1.82, 2.24) is 10.2 Å². The van der Waals surface area contributed by atoms with Crippen LogP contribution in [0.2, 0.25) is 0 Å². The van der Waals surface area contributed by atoms with Gasteiger partial charge in [-0.15, -0.1) is 0 Å². The molecule has 0 fully saturated rings. The minimum Gasteiger partial charge on any atom is -0.192 e. The SMILES string of the molecule is CCc1cccc2c(C#N)cnnc12. The van der Waals surface area contributed by atoms with Crippen molar-refractivity contribution in [2.24, 2.45) is 0 Å². The Bertz CT molecular complexity index is 511. The monoisotopic (exact) mass is 183 g/mol. The molecule has 0 aliphatic heterocycles. The summed E-state index contributed by atoms with van der Waals surface area (Å²) in [6, 6.07) is 7.98. The number of hydrogen-bond acceptors (Lipinski definition) is 3. The predicted octanol–water partition coefficient (Wildman–Crippen LogP) is 2.06. The molecule has 1 aromatic carbocycles. The summed E-state index contributed by atoms with van der Waals surface area (Å²) < 4.78 is 0. The molecule has 3 nitrogen and oxygen atoms in total. The van der Waals surface area contributed by atoms with Gasteiger partial charge in [0, 0.05) is 5.39 Å². The smallest absolute Gasteiger partial charge is 0.102 e. The molecule has 3 heteroatoms. The number of nitrogens with zero attached hydrogens (tertiary/aromatic N) is 3. The molecule has 0 radical (unpaired) electrons. The van der Waals surface area contributed by atoms with Crippen LogP contribution in [0, 0.1) is 11.3 Å². The average molecular weight is 183 g/mol. The maximum atomic E-state index is 8.88. The van der Waals surface area contributed by atoms with Crippen LogP contribution in [0.15, 0.2) is 24.4 Å². The van der Waals surface area contributed by atoms with E-state index in [0.29, 0.717) is 5.56 Å². The van der Waals surface area contributed by atoms with Gasteiger partial charge in [-0.05, 0) is 12.0 Å². The number of aryl methyl sites for hydroxylation is 1. The minimum atomic E-state index is 0.588. The van der Waals surface area contributed by atoms with Crippen molar-refractivity contribution in [3.63, 3.8) is 0 Å². The van der Waals surface area contributed by atoms with Gasteiger partial charge in [0.2, 0.25) is 0 Å². The van der Waals surface area contributed by atoms with E-state index in [4.69, 9.17) is 5.26 Å². The number of rotatable bonds is 1. The third-order valence-electron chi connectivity index (χ3n) is 2.26. The highest BCUT2D eigenvalue weighted by Gasteiger charge is 2.04. The van der Waals surface area contributed by atoms with Crippen LogP contribution in [-0.4, -0.2) is 10.2 Å². The molecule has 0 spiro atoms. The number of hydrogen-bond donors (Lipinski definition) is 0. The van der Waals surface area contributed by atoms with Crippen LogP contribution in [-0.2, 0) is 6.42 Å². The molecule has 0 unspecified atom stereocenters. The molecule has 1 aromatic heterocycles. The van der Waals surface area contributed by atoms with Crippen LogP contribution in [0.3, 0.4) is 0 Å². The van der Waals surface area contributed by atoms with Crippen molar-refractivity contribution in [3.8, 4) is 6.07 Å². The zero-order valence-electron chi connectivity index (χ0n) is 7.86. The summed E-state index contributed by atoms with van der Waals surface area (Å²) in [7, 11) is 0. The Hall–Kier alpha value is -1.95. The van der Waals surface area contributed by atoms with E-state index in [1.54, 1.807) is 0 Å². The van der Waals surface area contributed by atoms with Crippen molar-refractivity contribution in [1.29, 1.82) is 5.26 Å². The van der Waals surface area contributed by atoms with E-state index in [9.17, 15) is 0 Å². The third-order valence-corrected chi connectivity index (χ3v) is 2.26. The number of nitriles is 1. The Balaban J connectivity index is 2.86. The van der Waals surface area contributed by atoms with Crippen LogP contribution in [0.1, 0.15) is 18.1 Å². The average Bonchev–Trinajstić information content (AvgIpc) is 2.27. The molecule has 0 amide bonds. The first-order chi connectivity index (χ1) is 6.86. The van der Waals surface area contributed by atoms with E-state index >= 15 is 0 Å². The van der Waals surface area contributed by atoms with E-state index in [2.05, 4.69) is 23.2 Å². The summed E-state index contributed by atoms with van der Waals surface area (Å²) in [6.45, 7) is 2.06. The van der Waals surface area contributed by atoms with E-state index in [0.717, 1.165) is 22.9 Å². The molecule has 1 heterocycles. The molecule has 2 aromatic rings. The Morgan fingerprint density at radius 3 is 3.00 bits per heavy atom. The Kier molecular flexibility index (Phi) is 2.11. The first-order valence-corrected chi connectivity index (χ1v) is 4.50. The number of aromatic nitrogens is 2. The van der Waals surface area contributed by atoms with Crippen molar-refractivity contribution < 1.29 is 0 Å². The molecule has 0 aliphatic carbocycles. The quantitative estimate of drug-likeness (QED) is 0.680. The van der Waals surface area contributed by atoms with Crippen molar-refractivity contribution >= 4 is 10.9 Å². The van der Waals surface area contributed by atoms with Crippen molar-refractivity contribution in [3.05, 3.63) is 35.5 Å². The van der Waals surface area contributed by atoms with Gasteiger partial charge in [-0.3, -0.25) is 0 Å². The normalized spacial score (nSPS) is 10.0. The second-order valence-corrected chi connectivity index (χ2v) is 3.04. The minimum absolute atomic E-state index is 0.588. The highest BCUT2D eigenvalue weighted by Crippen LogP contribution is 2.18. The molecule has 2 rings (SSSR count). The molecular formula is C11H9N3. The second-order valence-electron chi connectivity index (χ2n) is 3.04. The van der Waals surface area contributed by atoms with Crippen LogP contribution in [0.5, 0.6) is 0 Å². The summed E-state index contributed by atoms with van der Waals surface area (Å²) in [5.74, 6) is 0. The topological polar surface area (TPSA) is 49.6 Å². The fourth-order valence-electron chi connectivity index (χ4n) is 1.52. The van der Waals surface area contributed by atoms with E-state index < -0.39 is 0 Å².